The average Bonchev–Trinajstić information content (AvgIpc) is 2.83. The second kappa shape index (κ2) is 6.48. The lowest BCUT2D eigenvalue weighted by molar-refractivity contribution is 0.0505. The van der Waals surface area contributed by atoms with Crippen LogP contribution in [-0.4, -0.2) is 32.5 Å². The van der Waals surface area contributed by atoms with Gasteiger partial charge in [0, 0.05) is 7.05 Å². The summed E-state index contributed by atoms with van der Waals surface area (Å²) in [6.07, 6.45) is 1.35. The second-order valence-electron chi connectivity index (χ2n) is 6.04. The number of hydrogen-bond acceptors (Lipinski definition) is 7. The predicted octanol–water partition coefficient (Wildman–Crippen LogP) is 2.70. The van der Waals surface area contributed by atoms with Crippen molar-refractivity contribution in [3.63, 3.8) is 0 Å². The van der Waals surface area contributed by atoms with Gasteiger partial charge in [0.2, 0.25) is 0 Å². The van der Waals surface area contributed by atoms with Crippen LogP contribution in [0.2, 0.25) is 0 Å². The number of thiazole rings is 1. The third-order valence-electron chi connectivity index (χ3n) is 2.95. The topological polar surface area (TPSA) is 86.1 Å². The first-order valence-corrected chi connectivity index (χ1v) is 9.07. The molecule has 2 aromatic rings. The van der Waals surface area contributed by atoms with Gasteiger partial charge in [-0.15, -0.1) is 0 Å². The Labute approximate surface area is 142 Å². The van der Waals surface area contributed by atoms with Gasteiger partial charge in [-0.25, -0.2) is 14.8 Å². The van der Waals surface area contributed by atoms with Crippen LogP contribution < -0.4 is 10.9 Å². The summed E-state index contributed by atoms with van der Waals surface area (Å²) in [5.74, 6) is 0.463. The monoisotopic (exact) mass is 356 g/mol. The molecular formula is C14H20N4O3S2. The highest BCUT2D eigenvalue weighted by Gasteiger charge is 2.22. The van der Waals surface area contributed by atoms with Crippen LogP contribution in [0.1, 0.15) is 39.6 Å². The van der Waals surface area contributed by atoms with Crippen molar-refractivity contribution in [3.8, 4) is 0 Å². The molecule has 0 fully saturated rings. The number of amides is 1. The van der Waals surface area contributed by atoms with Crippen molar-refractivity contribution in [2.45, 2.75) is 43.7 Å². The molecule has 1 N–H and O–H groups in total. The van der Waals surface area contributed by atoms with Gasteiger partial charge in [0.05, 0.1) is 6.04 Å². The summed E-state index contributed by atoms with van der Waals surface area (Å²) in [5, 5.41) is 2.70. The first-order chi connectivity index (χ1) is 10.6. The third kappa shape index (κ3) is 4.03. The zero-order chi connectivity index (χ0) is 17.4. The SMILES string of the molecule is CSc1nc2c(=O)n(C)c([C@H](C)NC(=O)OC(C)(C)C)nc2s1. The van der Waals surface area contributed by atoms with Crippen LogP contribution in [0.5, 0.6) is 0 Å². The standard InChI is InChI=1S/C14H20N4O3S2/c1-7(15-12(20)21-14(2,3)4)9-17-10-8(11(19)18(9)5)16-13(22-6)23-10/h7H,1-6H3,(H,15,20)/t7-/m0/s1. The van der Waals surface area contributed by atoms with Crippen molar-refractivity contribution in [2.75, 3.05) is 6.26 Å². The molecule has 2 heterocycles. The molecule has 7 nitrogen and oxygen atoms in total. The van der Waals surface area contributed by atoms with Gasteiger partial charge in [0.1, 0.15) is 11.4 Å². The van der Waals surface area contributed by atoms with E-state index in [4.69, 9.17) is 4.74 Å². The lowest BCUT2D eigenvalue weighted by atomic mass is 10.2. The van der Waals surface area contributed by atoms with Crippen LogP contribution in [0.25, 0.3) is 10.3 Å². The lowest BCUT2D eigenvalue weighted by Gasteiger charge is -2.22. The molecular weight excluding hydrogens is 336 g/mol. The minimum absolute atomic E-state index is 0.223. The summed E-state index contributed by atoms with van der Waals surface area (Å²) < 4.78 is 7.43. The molecule has 0 aliphatic heterocycles. The molecule has 9 heteroatoms. The summed E-state index contributed by atoms with van der Waals surface area (Å²) >= 11 is 2.83. The Morgan fingerprint density at radius 3 is 2.61 bits per heavy atom. The van der Waals surface area contributed by atoms with Crippen LogP contribution in [-0.2, 0) is 11.8 Å². The second-order valence-corrected chi connectivity index (χ2v) is 8.07. The van der Waals surface area contributed by atoms with Crippen molar-refractivity contribution >= 4 is 39.5 Å². The Balaban J connectivity index is 2.33. The molecule has 0 unspecified atom stereocenters. The maximum Gasteiger partial charge on any atom is 0.408 e. The summed E-state index contributed by atoms with van der Waals surface area (Å²) in [7, 11) is 1.62. The summed E-state index contributed by atoms with van der Waals surface area (Å²) in [6, 6.07) is -0.466. The van der Waals surface area contributed by atoms with E-state index in [2.05, 4.69) is 15.3 Å². The Hall–Kier alpha value is -1.61. The van der Waals surface area contributed by atoms with E-state index in [0.717, 1.165) is 4.34 Å². The van der Waals surface area contributed by atoms with Crippen molar-refractivity contribution in [2.24, 2.45) is 7.05 Å². The number of rotatable bonds is 3. The smallest absolute Gasteiger partial charge is 0.408 e. The van der Waals surface area contributed by atoms with E-state index < -0.39 is 17.7 Å². The number of ether oxygens (including phenoxy) is 1. The van der Waals surface area contributed by atoms with Crippen molar-refractivity contribution in [1.82, 2.24) is 19.9 Å². The van der Waals surface area contributed by atoms with Crippen LogP contribution in [0.3, 0.4) is 0 Å². The van der Waals surface area contributed by atoms with Gasteiger partial charge in [-0.1, -0.05) is 23.1 Å². The molecule has 2 rings (SSSR count). The van der Waals surface area contributed by atoms with E-state index in [1.54, 1.807) is 34.7 Å². The molecule has 0 aliphatic carbocycles. The highest BCUT2D eigenvalue weighted by Crippen LogP contribution is 2.25. The molecule has 0 saturated heterocycles. The predicted molar refractivity (Wildman–Crippen MR) is 92.2 cm³/mol. The number of aromatic nitrogens is 3. The Morgan fingerprint density at radius 2 is 2.04 bits per heavy atom. The number of nitrogens with one attached hydrogen (secondary N) is 1. The zero-order valence-electron chi connectivity index (χ0n) is 14.0. The number of nitrogens with zero attached hydrogens (tertiary/aromatic N) is 3. The minimum Gasteiger partial charge on any atom is -0.444 e. The maximum absolute atomic E-state index is 12.4. The average molecular weight is 356 g/mol. The molecule has 0 aromatic carbocycles. The molecule has 0 saturated carbocycles. The van der Waals surface area contributed by atoms with Gasteiger partial charge in [-0.05, 0) is 34.0 Å². The largest absolute Gasteiger partial charge is 0.444 e. The molecule has 0 radical (unpaired) electrons. The normalized spacial score (nSPS) is 13.1. The van der Waals surface area contributed by atoms with E-state index in [0.29, 0.717) is 16.2 Å². The van der Waals surface area contributed by atoms with Gasteiger partial charge < -0.3 is 10.1 Å². The van der Waals surface area contributed by atoms with Gasteiger partial charge in [-0.3, -0.25) is 9.36 Å². The van der Waals surface area contributed by atoms with E-state index in [-0.39, 0.29) is 5.56 Å². The highest BCUT2D eigenvalue weighted by atomic mass is 32.2. The Kier molecular flexibility index (Phi) is 5.00. The van der Waals surface area contributed by atoms with Gasteiger partial charge in [-0.2, -0.15) is 0 Å². The molecule has 23 heavy (non-hydrogen) atoms. The molecule has 126 valence electrons. The third-order valence-corrected chi connectivity index (χ3v) is 4.89. The first kappa shape index (κ1) is 17.7. The first-order valence-electron chi connectivity index (χ1n) is 7.03. The van der Waals surface area contributed by atoms with Crippen LogP contribution in [0, 0.1) is 0 Å². The minimum atomic E-state index is -0.585. The van der Waals surface area contributed by atoms with Gasteiger partial charge >= 0.3 is 6.09 Å². The maximum atomic E-state index is 12.4. The van der Waals surface area contributed by atoms with Crippen LogP contribution in [0.15, 0.2) is 9.13 Å². The molecule has 1 atom stereocenters. The molecule has 1 amide bonds. The number of alkyl carbamates (subject to hydrolysis) is 1. The fourth-order valence-electron chi connectivity index (χ4n) is 1.97. The van der Waals surface area contributed by atoms with Crippen LogP contribution in [0.4, 0.5) is 4.79 Å². The van der Waals surface area contributed by atoms with Crippen molar-refractivity contribution in [3.05, 3.63) is 16.2 Å². The number of hydrogen-bond donors (Lipinski definition) is 1. The zero-order valence-corrected chi connectivity index (χ0v) is 15.6. The Bertz CT molecular complexity index is 792. The van der Waals surface area contributed by atoms with E-state index >= 15 is 0 Å². The number of carbonyl (C=O) groups is 1. The van der Waals surface area contributed by atoms with E-state index in [1.165, 1.54) is 27.7 Å². The summed E-state index contributed by atoms with van der Waals surface area (Å²) in [6.45, 7) is 7.13. The molecule has 0 aliphatic rings. The van der Waals surface area contributed by atoms with E-state index in [1.807, 2.05) is 6.26 Å². The number of thioether (sulfide) groups is 1. The number of carbonyl (C=O) groups excluding carboxylic acids is 1. The Morgan fingerprint density at radius 1 is 1.39 bits per heavy atom. The molecule has 0 spiro atoms. The van der Waals surface area contributed by atoms with Crippen molar-refractivity contribution in [1.29, 1.82) is 0 Å². The van der Waals surface area contributed by atoms with Crippen molar-refractivity contribution < 1.29 is 9.53 Å². The van der Waals surface area contributed by atoms with Gasteiger partial charge in [0.25, 0.3) is 5.56 Å². The fourth-order valence-corrected chi connectivity index (χ4v) is 3.40. The quantitative estimate of drug-likeness (QED) is 0.851. The summed E-state index contributed by atoms with van der Waals surface area (Å²) in [5.41, 5.74) is -0.452. The lowest BCUT2D eigenvalue weighted by Crippen LogP contribution is -2.36. The number of fused-ring (bicyclic) bond motifs is 1. The highest BCUT2D eigenvalue weighted by molar-refractivity contribution is 8.00. The van der Waals surface area contributed by atoms with Gasteiger partial charge in [0.15, 0.2) is 14.7 Å². The summed E-state index contributed by atoms with van der Waals surface area (Å²) in [4.78, 5) is 33.6. The molecule has 2 aromatic heterocycles. The van der Waals surface area contributed by atoms with E-state index in [9.17, 15) is 9.59 Å². The fraction of sp³-hybridized carbons (Fsp3) is 0.571. The molecule has 0 bridgehead atoms. The van der Waals surface area contributed by atoms with Crippen LogP contribution >= 0.6 is 23.1 Å².